The van der Waals surface area contributed by atoms with Gasteiger partial charge >= 0.3 is 11.9 Å². The van der Waals surface area contributed by atoms with Crippen molar-refractivity contribution in [3.8, 4) is 0 Å². The Balaban J connectivity index is -0.000000443. The van der Waals surface area contributed by atoms with Crippen LogP contribution < -0.4 is 0 Å². The fourth-order valence-electron chi connectivity index (χ4n) is 2.78. The minimum absolute atomic E-state index is 0.0413. The van der Waals surface area contributed by atoms with Crippen LogP contribution >= 0.6 is 0 Å². The van der Waals surface area contributed by atoms with Crippen molar-refractivity contribution >= 4 is 11.9 Å². The van der Waals surface area contributed by atoms with E-state index in [0.717, 1.165) is 25.7 Å². The Kier molecular flexibility index (Phi) is 40.8. The van der Waals surface area contributed by atoms with E-state index in [1.165, 1.54) is 51.4 Å². The van der Waals surface area contributed by atoms with Crippen molar-refractivity contribution < 1.29 is 44.2 Å². The third-order valence-electron chi connectivity index (χ3n) is 4.70. The van der Waals surface area contributed by atoms with Gasteiger partial charge < -0.3 is 34.6 Å². The van der Waals surface area contributed by atoms with E-state index in [-0.39, 0.29) is 13.2 Å². The van der Waals surface area contributed by atoms with Gasteiger partial charge in [0.1, 0.15) is 0 Å². The molecule has 0 atom stereocenters. The first-order chi connectivity index (χ1) is 17.0. The number of rotatable bonds is 24. The lowest BCUT2D eigenvalue weighted by atomic mass is 10.1. The average Bonchev–Trinajstić information content (AvgIpc) is 2.83. The summed E-state index contributed by atoms with van der Waals surface area (Å²) in [4.78, 5) is 20.2. The molecule has 0 saturated carbocycles. The highest BCUT2D eigenvalue weighted by atomic mass is 16.5. The largest absolute Gasteiger partial charge is 0.481 e. The number of hydrogen-bond acceptors (Lipinski definition) is 7. The van der Waals surface area contributed by atoms with Crippen LogP contribution in [0.25, 0.3) is 0 Å². The van der Waals surface area contributed by atoms with Gasteiger partial charge in [-0.2, -0.15) is 0 Å². The molecule has 0 spiro atoms. The molecule has 0 amide bonds. The summed E-state index contributed by atoms with van der Waals surface area (Å²) < 4.78 is 15.0. The van der Waals surface area contributed by atoms with Crippen LogP contribution in [-0.2, 0) is 23.8 Å². The summed E-state index contributed by atoms with van der Waals surface area (Å²) in [6.45, 7) is 7.11. The van der Waals surface area contributed by atoms with E-state index in [1.54, 1.807) is 0 Å². The molecule has 9 nitrogen and oxygen atoms in total. The molecule has 0 radical (unpaired) electrons. The van der Waals surface area contributed by atoms with E-state index in [2.05, 4.69) is 13.8 Å². The lowest BCUT2D eigenvalue weighted by Gasteiger charge is -2.04. The molecule has 0 fully saturated rings. The number of hydrogen-bond donors (Lipinski definition) is 4. The highest BCUT2D eigenvalue weighted by Crippen LogP contribution is 2.08. The Morgan fingerprint density at radius 1 is 0.486 bits per heavy atom. The number of ether oxygens (including phenoxy) is 3. The van der Waals surface area contributed by atoms with Crippen molar-refractivity contribution in [3.63, 3.8) is 0 Å². The van der Waals surface area contributed by atoms with Crippen molar-refractivity contribution in [2.75, 3.05) is 52.9 Å². The smallest absolute Gasteiger partial charge is 0.303 e. The molecule has 0 bridgehead atoms. The van der Waals surface area contributed by atoms with E-state index >= 15 is 0 Å². The van der Waals surface area contributed by atoms with Gasteiger partial charge in [0.2, 0.25) is 0 Å². The van der Waals surface area contributed by atoms with E-state index in [1.807, 2.05) is 0 Å². The maximum absolute atomic E-state index is 10.1. The van der Waals surface area contributed by atoms with Gasteiger partial charge in [0, 0.05) is 12.8 Å². The monoisotopic (exact) mass is 510 g/mol. The van der Waals surface area contributed by atoms with Crippen LogP contribution in [0.3, 0.4) is 0 Å². The number of carboxylic acid groups (broad SMARTS) is 2. The van der Waals surface area contributed by atoms with E-state index < -0.39 is 11.9 Å². The zero-order valence-electron chi connectivity index (χ0n) is 22.4. The molecule has 0 aliphatic carbocycles. The Morgan fingerprint density at radius 2 is 0.771 bits per heavy atom. The quantitative estimate of drug-likeness (QED) is 0.136. The van der Waals surface area contributed by atoms with E-state index in [4.69, 9.17) is 34.6 Å². The average molecular weight is 511 g/mol. The zero-order chi connectivity index (χ0) is 26.8. The third-order valence-corrected chi connectivity index (χ3v) is 4.70. The molecule has 212 valence electrons. The molecule has 0 aliphatic rings. The number of carbonyl (C=O) groups is 2. The van der Waals surface area contributed by atoms with Crippen molar-refractivity contribution in [2.45, 2.75) is 104 Å². The first kappa shape index (κ1) is 38.3. The number of carboxylic acids is 2. The number of aliphatic hydroxyl groups is 2. The number of unbranched alkanes of at least 4 members (excludes halogenated alkanes) is 10. The van der Waals surface area contributed by atoms with Gasteiger partial charge in [-0.1, -0.05) is 78.1 Å². The minimum Gasteiger partial charge on any atom is -0.481 e. The summed E-state index contributed by atoms with van der Waals surface area (Å²) in [5, 5.41) is 33.3. The zero-order valence-corrected chi connectivity index (χ0v) is 22.4. The van der Waals surface area contributed by atoms with Crippen LogP contribution in [0.5, 0.6) is 0 Å². The second-order valence-electron chi connectivity index (χ2n) is 8.11. The number of aliphatic hydroxyl groups excluding tert-OH is 2. The van der Waals surface area contributed by atoms with Gasteiger partial charge in [-0.05, 0) is 12.8 Å². The molecule has 0 aliphatic heterocycles. The third kappa shape index (κ3) is 50.5. The molecule has 35 heavy (non-hydrogen) atoms. The Bertz CT molecular complexity index is 396. The van der Waals surface area contributed by atoms with Gasteiger partial charge in [-0.15, -0.1) is 0 Å². The first-order valence-electron chi connectivity index (χ1n) is 13.3. The Morgan fingerprint density at radius 3 is 1.06 bits per heavy atom. The maximum atomic E-state index is 10.1. The summed E-state index contributed by atoms with van der Waals surface area (Å²) >= 11 is 0. The fraction of sp³-hybridized carbons (Fsp3) is 0.923. The van der Waals surface area contributed by atoms with Gasteiger partial charge in [0.15, 0.2) is 0 Å². The molecule has 0 aromatic heterocycles. The van der Waals surface area contributed by atoms with E-state index in [0.29, 0.717) is 52.5 Å². The van der Waals surface area contributed by atoms with Crippen LogP contribution in [0.15, 0.2) is 0 Å². The predicted octanol–water partition coefficient (Wildman–Crippen LogP) is 4.66. The van der Waals surface area contributed by atoms with Crippen molar-refractivity contribution in [3.05, 3.63) is 0 Å². The van der Waals surface area contributed by atoms with Crippen LogP contribution in [0.2, 0.25) is 0 Å². The molecular formula is C26H54O9. The highest BCUT2D eigenvalue weighted by Gasteiger charge is 1.96. The second kappa shape index (κ2) is 37.3. The van der Waals surface area contributed by atoms with Crippen LogP contribution in [-0.4, -0.2) is 85.2 Å². The van der Waals surface area contributed by atoms with E-state index in [9.17, 15) is 9.59 Å². The van der Waals surface area contributed by atoms with Crippen LogP contribution in [0.1, 0.15) is 104 Å². The predicted molar refractivity (Wildman–Crippen MR) is 138 cm³/mol. The molecule has 4 N–H and O–H groups in total. The SMILES string of the molecule is CCCCCCCC(=O)O.CCCCCCCCCC(=O)O.OCCOCCOCCOCCO. The van der Waals surface area contributed by atoms with Crippen LogP contribution in [0.4, 0.5) is 0 Å². The molecular weight excluding hydrogens is 456 g/mol. The van der Waals surface area contributed by atoms with Gasteiger partial charge in [-0.3, -0.25) is 9.59 Å². The van der Waals surface area contributed by atoms with Gasteiger partial charge in [0.05, 0.1) is 52.9 Å². The van der Waals surface area contributed by atoms with Crippen molar-refractivity contribution in [1.82, 2.24) is 0 Å². The molecule has 0 aromatic carbocycles. The molecule has 0 unspecified atom stereocenters. The number of aliphatic carboxylic acids is 2. The Hall–Kier alpha value is -1.26. The second-order valence-corrected chi connectivity index (χ2v) is 8.11. The summed E-state index contributed by atoms with van der Waals surface area (Å²) in [5.41, 5.74) is 0. The molecule has 9 heteroatoms. The topological polar surface area (TPSA) is 143 Å². The summed E-state index contributed by atoms with van der Waals surface area (Å²) in [6.07, 6.45) is 14.5. The summed E-state index contributed by atoms with van der Waals surface area (Å²) in [5.74, 6) is -1.33. The molecule has 0 aromatic rings. The standard InChI is InChI=1S/C10H20O2.C8H18O5.C8H16O2/c1-2-3-4-5-6-7-8-9-10(11)12;9-1-3-11-5-7-13-8-6-12-4-2-10;1-2-3-4-5-6-7-8(9)10/h2-9H2,1H3,(H,11,12);9-10H,1-8H2;2-7H2,1H3,(H,9,10). The van der Waals surface area contributed by atoms with Crippen LogP contribution in [0, 0.1) is 0 Å². The summed E-state index contributed by atoms with van der Waals surface area (Å²) in [7, 11) is 0. The molecule has 0 saturated heterocycles. The fourth-order valence-corrected chi connectivity index (χ4v) is 2.78. The van der Waals surface area contributed by atoms with Crippen molar-refractivity contribution in [2.24, 2.45) is 0 Å². The first-order valence-corrected chi connectivity index (χ1v) is 13.3. The highest BCUT2D eigenvalue weighted by molar-refractivity contribution is 5.66. The van der Waals surface area contributed by atoms with Crippen molar-refractivity contribution in [1.29, 1.82) is 0 Å². The Labute approximate surface area is 213 Å². The normalized spacial score (nSPS) is 10.2. The minimum atomic E-state index is -0.670. The van der Waals surface area contributed by atoms with Gasteiger partial charge in [0.25, 0.3) is 0 Å². The lowest BCUT2D eigenvalue weighted by molar-refractivity contribution is -0.138. The lowest BCUT2D eigenvalue weighted by Crippen LogP contribution is -2.11. The molecule has 0 rings (SSSR count). The maximum Gasteiger partial charge on any atom is 0.303 e. The van der Waals surface area contributed by atoms with Gasteiger partial charge in [-0.25, -0.2) is 0 Å². The summed E-state index contributed by atoms with van der Waals surface area (Å²) in [6, 6.07) is 0. The molecule has 0 heterocycles.